The fourth-order valence-corrected chi connectivity index (χ4v) is 4.58. The van der Waals surface area contributed by atoms with Gasteiger partial charge in [0.25, 0.3) is 5.91 Å². The van der Waals surface area contributed by atoms with Crippen molar-refractivity contribution in [1.29, 1.82) is 0 Å². The van der Waals surface area contributed by atoms with Gasteiger partial charge in [-0.2, -0.15) is 20.1 Å². The number of amides is 1. The Morgan fingerprint density at radius 2 is 1.83 bits per heavy atom. The molecule has 1 saturated carbocycles. The van der Waals surface area contributed by atoms with Crippen molar-refractivity contribution in [3.8, 4) is 0 Å². The van der Waals surface area contributed by atoms with E-state index in [0.29, 0.717) is 34.4 Å². The highest BCUT2D eigenvalue weighted by Gasteiger charge is 2.26. The van der Waals surface area contributed by atoms with Crippen molar-refractivity contribution in [1.82, 2.24) is 35.4 Å². The summed E-state index contributed by atoms with van der Waals surface area (Å²) in [5.74, 6) is 2.35. The van der Waals surface area contributed by atoms with Gasteiger partial charge in [0.2, 0.25) is 11.9 Å². The third kappa shape index (κ3) is 6.09. The molecule has 3 N–H and O–H groups in total. The van der Waals surface area contributed by atoms with Crippen LogP contribution in [0.25, 0.3) is 0 Å². The number of hydrogen-bond acceptors (Lipinski definition) is 9. The van der Waals surface area contributed by atoms with Crippen LogP contribution in [0.4, 0.5) is 17.7 Å². The van der Waals surface area contributed by atoms with Gasteiger partial charge in [0.05, 0.1) is 0 Å². The molecule has 11 heteroatoms. The highest BCUT2D eigenvalue weighted by atomic mass is 32.2. The molecule has 5 rings (SSSR count). The predicted molar refractivity (Wildman–Crippen MR) is 137 cm³/mol. The number of carbonyl (C=O) groups excluding carboxylic acids is 1. The second-order valence-electron chi connectivity index (χ2n) is 9.39. The molecule has 2 aromatic heterocycles. The minimum absolute atomic E-state index is 0.0786. The monoisotopic (exact) mass is 493 g/mol. The molecule has 2 aliphatic rings. The maximum Gasteiger partial charge on any atom is 0.251 e. The molecule has 1 aliphatic carbocycles. The number of hydrogen-bond donors (Lipinski definition) is 3. The van der Waals surface area contributed by atoms with E-state index in [-0.39, 0.29) is 11.9 Å². The van der Waals surface area contributed by atoms with E-state index in [1.165, 1.54) is 24.6 Å². The van der Waals surface area contributed by atoms with Gasteiger partial charge in [-0.15, -0.1) is 0 Å². The molecule has 1 aliphatic heterocycles. The molecule has 1 saturated heterocycles. The topological polar surface area (TPSA) is 115 Å². The van der Waals surface area contributed by atoms with Crippen molar-refractivity contribution in [3.63, 3.8) is 0 Å². The molecule has 2 fully saturated rings. The molecule has 3 heterocycles. The SMILES string of the molecule is CC(C)NC(=O)c1ccc(Sc2nc(Nc3cc(C4CC4)[nH]n3)nc(N3CCN(C)CC3)n2)cc1. The summed E-state index contributed by atoms with van der Waals surface area (Å²) in [6.07, 6.45) is 2.42. The molecule has 10 nitrogen and oxygen atoms in total. The summed E-state index contributed by atoms with van der Waals surface area (Å²) in [4.78, 5) is 31.8. The smallest absolute Gasteiger partial charge is 0.251 e. The van der Waals surface area contributed by atoms with Crippen LogP contribution >= 0.6 is 11.8 Å². The Kier molecular flexibility index (Phi) is 6.87. The van der Waals surface area contributed by atoms with E-state index >= 15 is 0 Å². The van der Waals surface area contributed by atoms with Gasteiger partial charge in [-0.3, -0.25) is 9.89 Å². The van der Waals surface area contributed by atoms with Gasteiger partial charge < -0.3 is 20.4 Å². The summed E-state index contributed by atoms with van der Waals surface area (Å²) in [5, 5.41) is 14.3. The fourth-order valence-electron chi connectivity index (χ4n) is 3.84. The Bertz CT molecular complexity index is 1170. The van der Waals surface area contributed by atoms with E-state index in [1.807, 2.05) is 44.2 Å². The second-order valence-corrected chi connectivity index (χ2v) is 10.4. The summed E-state index contributed by atoms with van der Waals surface area (Å²) in [6.45, 7) is 7.53. The second kappa shape index (κ2) is 10.2. The molecule has 184 valence electrons. The normalized spacial score (nSPS) is 16.5. The van der Waals surface area contributed by atoms with Gasteiger partial charge in [0.1, 0.15) is 0 Å². The van der Waals surface area contributed by atoms with Crippen molar-refractivity contribution in [3.05, 3.63) is 41.6 Å². The van der Waals surface area contributed by atoms with E-state index < -0.39 is 0 Å². The molecule has 0 radical (unpaired) electrons. The van der Waals surface area contributed by atoms with Crippen molar-refractivity contribution < 1.29 is 4.79 Å². The van der Waals surface area contributed by atoms with Gasteiger partial charge >= 0.3 is 0 Å². The first-order valence-corrected chi connectivity index (χ1v) is 12.9. The lowest BCUT2D eigenvalue weighted by Gasteiger charge is -2.32. The number of nitrogens with zero attached hydrogens (tertiary/aromatic N) is 6. The van der Waals surface area contributed by atoms with Crippen LogP contribution in [0.5, 0.6) is 0 Å². The zero-order valence-corrected chi connectivity index (χ0v) is 21.1. The highest BCUT2D eigenvalue weighted by Crippen LogP contribution is 2.39. The standard InChI is InChI=1S/C24H31N9OS/c1-15(2)25-21(34)17-6-8-18(9-7-17)35-24-28-22(26-20-14-19(30-31-20)16-4-5-16)27-23(29-24)33-12-10-32(3)11-13-33/h6-9,14-16H,4-5,10-13H2,1-3H3,(H,25,34)(H2,26,27,28,29,30,31). The van der Waals surface area contributed by atoms with Gasteiger partial charge in [-0.1, -0.05) is 0 Å². The fraction of sp³-hybridized carbons (Fsp3) is 0.458. The van der Waals surface area contributed by atoms with Crippen molar-refractivity contribution in [2.75, 3.05) is 43.4 Å². The quantitative estimate of drug-likeness (QED) is 0.435. The number of carbonyl (C=O) groups is 1. The van der Waals surface area contributed by atoms with E-state index in [9.17, 15) is 4.79 Å². The zero-order valence-electron chi connectivity index (χ0n) is 20.3. The Balaban J connectivity index is 1.36. The maximum atomic E-state index is 12.3. The number of nitrogens with one attached hydrogen (secondary N) is 3. The molecule has 0 atom stereocenters. The predicted octanol–water partition coefficient (Wildman–Crippen LogP) is 3.26. The third-order valence-corrected chi connectivity index (χ3v) is 6.86. The molecule has 35 heavy (non-hydrogen) atoms. The average molecular weight is 494 g/mol. The first kappa shape index (κ1) is 23.6. The lowest BCUT2D eigenvalue weighted by Crippen LogP contribution is -2.45. The Morgan fingerprint density at radius 3 is 2.51 bits per heavy atom. The lowest BCUT2D eigenvalue weighted by molar-refractivity contribution is 0.0943. The highest BCUT2D eigenvalue weighted by molar-refractivity contribution is 7.99. The Hall–Kier alpha value is -3.18. The van der Waals surface area contributed by atoms with E-state index in [0.717, 1.165) is 36.8 Å². The first-order valence-electron chi connectivity index (χ1n) is 12.0. The molecule has 3 aromatic rings. The number of benzene rings is 1. The van der Waals surface area contributed by atoms with Gasteiger partial charge in [-0.25, -0.2) is 0 Å². The molecule has 1 aromatic carbocycles. The Morgan fingerprint density at radius 1 is 1.09 bits per heavy atom. The van der Waals surface area contributed by atoms with Crippen LogP contribution in [-0.4, -0.2) is 75.2 Å². The first-order chi connectivity index (χ1) is 16.9. The minimum Gasteiger partial charge on any atom is -0.350 e. The van der Waals surface area contributed by atoms with E-state index in [4.69, 9.17) is 9.97 Å². The lowest BCUT2D eigenvalue weighted by atomic mass is 10.2. The average Bonchev–Trinajstić information content (AvgIpc) is 3.58. The van der Waals surface area contributed by atoms with Crippen LogP contribution in [0, 0.1) is 0 Å². The molecule has 0 bridgehead atoms. The number of anilines is 3. The summed E-state index contributed by atoms with van der Waals surface area (Å²) >= 11 is 1.45. The van der Waals surface area contributed by atoms with Gasteiger partial charge in [0, 0.05) is 60.4 Å². The number of piperazine rings is 1. The van der Waals surface area contributed by atoms with Crippen molar-refractivity contribution in [2.24, 2.45) is 0 Å². The minimum atomic E-state index is -0.0786. The number of rotatable bonds is 8. The number of H-pyrrole nitrogens is 1. The van der Waals surface area contributed by atoms with Crippen molar-refractivity contribution >= 4 is 35.4 Å². The third-order valence-electron chi connectivity index (χ3n) is 5.99. The summed E-state index contributed by atoms with van der Waals surface area (Å²) < 4.78 is 0. The van der Waals surface area contributed by atoms with E-state index in [2.05, 4.69) is 42.7 Å². The van der Waals surface area contributed by atoms with Crippen LogP contribution in [0.3, 0.4) is 0 Å². The van der Waals surface area contributed by atoms with Crippen LogP contribution in [-0.2, 0) is 0 Å². The Labute approximate surface area is 209 Å². The maximum absolute atomic E-state index is 12.3. The molecule has 1 amide bonds. The molecular formula is C24H31N9OS. The van der Waals surface area contributed by atoms with E-state index in [1.54, 1.807) is 0 Å². The van der Waals surface area contributed by atoms with Crippen molar-refractivity contribution in [2.45, 2.75) is 48.7 Å². The number of aromatic amines is 1. The molecule has 0 spiro atoms. The zero-order chi connectivity index (χ0) is 24.4. The van der Waals surface area contributed by atoms with Crippen LogP contribution < -0.4 is 15.5 Å². The largest absolute Gasteiger partial charge is 0.350 e. The summed E-state index contributed by atoms with van der Waals surface area (Å²) in [5.41, 5.74) is 1.78. The number of aromatic nitrogens is 5. The van der Waals surface area contributed by atoms with Crippen LogP contribution in [0.1, 0.15) is 48.7 Å². The summed E-state index contributed by atoms with van der Waals surface area (Å²) in [7, 11) is 2.12. The molecular weight excluding hydrogens is 462 g/mol. The summed E-state index contributed by atoms with van der Waals surface area (Å²) in [6, 6.07) is 9.61. The molecule has 0 unspecified atom stereocenters. The van der Waals surface area contributed by atoms with Gasteiger partial charge in [0.15, 0.2) is 11.0 Å². The van der Waals surface area contributed by atoms with Crippen LogP contribution in [0.2, 0.25) is 0 Å². The number of likely N-dealkylation sites (N-methyl/N-ethyl adjacent to an activating group) is 1. The van der Waals surface area contributed by atoms with Gasteiger partial charge in [-0.05, 0) is 69.8 Å². The van der Waals surface area contributed by atoms with Crippen LogP contribution in [0.15, 0.2) is 40.4 Å².